The van der Waals surface area contributed by atoms with E-state index in [0.29, 0.717) is 12.2 Å². The van der Waals surface area contributed by atoms with E-state index < -0.39 is 10.0 Å². The second-order valence-electron chi connectivity index (χ2n) is 3.43. The summed E-state index contributed by atoms with van der Waals surface area (Å²) in [6.45, 7) is -0.0491. The third-order valence-electron chi connectivity index (χ3n) is 2.22. The van der Waals surface area contributed by atoms with Crippen molar-refractivity contribution in [1.29, 1.82) is 0 Å². The molecule has 0 aromatic heterocycles. The van der Waals surface area contributed by atoms with Crippen molar-refractivity contribution in [3.8, 4) is 0 Å². The van der Waals surface area contributed by atoms with Crippen LogP contribution in [0.1, 0.15) is 0 Å². The van der Waals surface area contributed by atoms with Gasteiger partial charge in [-0.15, -0.1) is 11.6 Å². The first-order chi connectivity index (χ1) is 8.62. The van der Waals surface area contributed by atoms with Gasteiger partial charge in [0.05, 0.1) is 11.4 Å². The summed E-state index contributed by atoms with van der Waals surface area (Å²) in [6.07, 6.45) is 3.83. The number of alkyl halides is 1. The summed E-state index contributed by atoms with van der Waals surface area (Å²) in [7, 11) is -3.64. The highest BCUT2D eigenvalue weighted by Gasteiger charge is 2.22. The summed E-state index contributed by atoms with van der Waals surface area (Å²) in [4.78, 5) is 10.7. The molecule has 6 heteroatoms. The van der Waals surface area contributed by atoms with Gasteiger partial charge < -0.3 is 4.79 Å². The van der Waals surface area contributed by atoms with Gasteiger partial charge in [-0.05, 0) is 12.1 Å². The molecular weight excluding hydrogens is 274 g/mol. The number of halogens is 1. The molecule has 0 heterocycles. The third kappa shape index (κ3) is 3.94. The number of sulfonamides is 1. The molecule has 1 rings (SSSR count). The molecule has 0 radical (unpaired) electrons. The van der Waals surface area contributed by atoms with Crippen LogP contribution in [-0.2, 0) is 14.8 Å². The van der Waals surface area contributed by atoms with Gasteiger partial charge in [0.15, 0.2) is 0 Å². The maximum atomic E-state index is 12.2. The second kappa shape index (κ2) is 7.31. The van der Waals surface area contributed by atoms with Crippen LogP contribution in [0.15, 0.2) is 47.4 Å². The summed E-state index contributed by atoms with van der Waals surface area (Å²) >= 11 is 5.47. The highest BCUT2D eigenvalue weighted by molar-refractivity contribution is 7.89. The molecule has 0 aliphatic rings. The zero-order valence-corrected chi connectivity index (χ0v) is 11.3. The van der Waals surface area contributed by atoms with E-state index in [-0.39, 0.29) is 18.0 Å². The first-order valence-corrected chi connectivity index (χ1v) is 7.30. The number of allylic oxidation sites excluding steroid dienone is 1. The van der Waals surface area contributed by atoms with Crippen molar-refractivity contribution >= 4 is 27.9 Å². The molecule has 0 amide bonds. The van der Waals surface area contributed by atoms with Crippen LogP contribution >= 0.6 is 11.6 Å². The Kier molecular flexibility index (Phi) is 6.04. The van der Waals surface area contributed by atoms with Crippen molar-refractivity contribution in [1.82, 2.24) is 4.31 Å². The van der Waals surface area contributed by atoms with E-state index in [4.69, 9.17) is 11.6 Å². The molecule has 0 saturated heterocycles. The van der Waals surface area contributed by atoms with E-state index in [9.17, 15) is 13.2 Å². The van der Waals surface area contributed by atoms with Crippen molar-refractivity contribution in [2.45, 2.75) is 4.90 Å². The summed E-state index contributed by atoms with van der Waals surface area (Å²) in [6, 6.07) is 8.01. The fraction of sp³-hybridized carbons (Fsp3) is 0.250. The van der Waals surface area contributed by atoms with Crippen LogP contribution in [0.25, 0.3) is 0 Å². The summed E-state index contributed by atoms with van der Waals surface area (Å²) in [5.74, 6) is 0.306. The molecule has 0 bridgehead atoms. The van der Waals surface area contributed by atoms with Crippen molar-refractivity contribution in [2.24, 2.45) is 0 Å². The lowest BCUT2D eigenvalue weighted by molar-refractivity contribution is -0.108. The van der Waals surface area contributed by atoms with Crippen molar-refractivity contribution in [3.05, 3.63) is 42.5 Å². The first kappa shape index (κ1) is 14.9. The number of hydrogen-bond acceptors (Lipinski definition) is 3. The van der Waals surface area contributed by atoms with E-state index >= 15 is 0 Å². The standard InChI is InChI=1S/C12H14ClNO3S/c13-8-4-5-9-14(10-11-15)18(16,17)12-6-2-1-3-7-12/h1-7,11H,8-10H2/b5-4+. The Morgan fingerprint density at radius 1 is 1.11 bits per heavy atom. The number of carbonyl (C=O) groups excluding carboxylic acids is 1. The monoisotopic (exact) mass is 287 g/mol. The van der Waals surface area contributed by atoms with E-state index in [1.165, 1.54) is 12.1 Å². The Balaban J connectivity index is 2.97. The quantitative estimate of drug-likeness (QED) is 0.435. The minimum absolute atomic E-state index is 0.128. The van der Waals surface area contributed by atoms with Crippen LogP contribution in [0, 0.1) is 0 Å². The molecule has 0 N–H and O–H groups in total. The van der Waals surface area contributed by atoms with Gasteiger partial charge in [0, 0.05) is 12.4 Å². The van der Waals surface area contributed by atoms with Gasteiger partial charge in [-0.1, -0.05) is 30.4 Å². The molecule has 0 fully saturated rings. The number of rotatable bonds is 7. The average Bonchev–Trinajstić information content (AvgIpc) is 2.39. The van der Waals surface area contributed by atoms with Crippen LogP contribution in [0.4, 0.5) is 0 Å². The van der Waals surface area contributed by atoms with Gasteiger partial charge >= 0.3 is 0 Å². The molecule has 1 aromatic rings. The predicted molar refractivity (Wildman–Crippen MR) is 71.1 cm³/mol. The fourth-order valence-corrected chi connectivity index (χ4v) is 2.82. The maximum Gasteiger partial charge on any atom is 0.243 e. The first-order valence-electron chi connectivity index (χ1n) is 5.32. The van der Waals surface area contributed by atoms with Gasteiger partial charge in [0.25, 0.3) is 0 Å². The van der Waals surface area contributed by atoms with E-state index in [1.54, 1.807) is 30.4 Å². The lowest BCUT2D eigenvalue weighted by Crippen LogP contribution is -2.32. The van der Waals surface area contributed by atoms with Crippen LogP contribution in [0.2, 0.25) is 0 Å². The van der Waals surface area contributed by atoms with Crippen molar-refractivity contribution < 1.29 is 13.2 Å². The summed E-state index contributed by atoms with van der Waals surface area (Å²) in [5.41, 5.74) is 0. The van der Waals surface area contributed by atoms with Crippen LogP contribution in [0.3, 0.4) is 0 Å². The zero-order valence-electron chi connectivity index (χ0n) is 9.70. The summed E-state index contributed by atoms with van der Waals surface area (Å²) < 4.78 is 25.5. The molecule has 18 heavy (non-hydrogen) atoms. The van der Waals surface area contributed by atoms with E-state index in [0.717, 1.165) is 4.31 Å². The highest BCUT2D eigenvalue weighted by atomic mass is 35.5. The largest absolute Gasteiger partial charge is 0.302 e. The Hall–Kier alpha value is -1.17. The summed E-state index contributed by atoms with van der Waals surface area (Å²) in [5, 5.41) is 0. The Morgan fingerprint density at radius 2 is 1.78 bits per heavy atom. The molecule has 0 spiro atoms. The van der Waals surface area contributed by atoms with Gasteiger partial charge in [-0.3, -0.25) is 0 Å². The minimum atomic E-state index is -3.64. The number of hydrogen-bond donors (Lipinski definition) is 0. The maximum absolute atomic E-state index is 12.2. The molecule has 98 valence electrons. The molecule has 1 aromatic carbocycles. The van der Waals surface area contributed by atoms with Gasteiger partial charge in [0.1, 0.15) is 6.29 Å². The molecule has 0 unspecified atom stereocenters. The molecule has 4 nitrogen and oxygen atoms in total. The van der Waals surface area contributed by atoms with Crippen molar-refractivity contribution in [2.75, 3.05) is 19.0 Å². The van der Waals surface area contributed by atoms with Gasteiger partial charge in [-0.25, -0.2) is 8.42 Å². The molecule has 0 aliphatic carbocycles. The normalized spacial score (nSPS) is 12.1. The average molecular weight is 288 g/mol. The SMILES string of the molecule is O=CCN(C/C=C/CCl)S(=O)(=O)c1ccccc1. The minimum Gasteiger partial charge on any atom is -0.302 e. The van der Waals surface area contributed by atoms with E-state index in [2.05, 4.69) is 0 Å². The van der Waals surface area contributed by atoms with Crippen LogP contribution in [-0.4, -0.2) is 38.0 Å². The van der Waals surface area contributed by atoms with Gasteiger partial charge in [0.2, 0.25) is 10.0 Å². The number of nitrogens with zero attached hydrogens (tertiary/aromatic N) is 1. The zero-order chi connectivity index (χ0) is 13.4. The second-order valence-corrected chi connectivity index (χ2v) is 5.67. The fourth-order valence-electron chi connectivity index (χ4n) is 1.35. The Morgan fingerprint density at radius 3 is 2.33 bits per heavy atom. The number of carbonyl (C=O) groups is 1. The molecule has 0 saturated carbocycles. The molecule has 0 aliphatic heterocycles. The van der Waals surface area contributed by atoms with Crippen LogP contribution < -0.4 is 0 Å². The van der Waals surface area contributed by atoms with Gasteiger partial charge in [-0.2, -0.15) is 4.31 Å². The lowest BCUT2D eigenvalue weighted by atomic mass is 10.4. The lowest BCUT2D eigenvalue weighted by Gasteiger charge is -2.18. The number of aldehydes is 1. The van der Waals surface area contributed by atoms with E-state index in [1.807, 2.05) is 0 Å². The smallest absolute Gasteiger partial charge is 0.243 e. The highest BCUT2D eigenvalue weighted by Crippen LogP contribution is 2.14. The Bertz CT molecular complexity index is 499. The number of benzene rings is 1. The molecular formula is C12H14ClNO3S. The third-order valence-corrected chi connectivity index (χ3v) is 4.25. The van der Waals surface area contributed by atoms with Crippen molar-refractivity contribution in [3.63, 3.8) is 0 Å². The molecule has 0 atom stereocenters. The topological polar surface area (TPSA) is 54.5 Å². The van der Waals surface area contributed by atoms with Crippen LogP contribution in [0.5, 0.6) is 0 Å². The predicted octanol–water partition coefficient (Wildman–Crippen LogP) is 1.67. The Labute approximate surface area is 112 Å².